The van der Waals surface area contributed by atoms with Gasteiger partial charge in [-0.15, -0.1) is 6.58 Å². The predicted octanol–water partition coefficient (Wildman–Crippen LogP) is 3.04. The number of benzene rings is 2. The molecule has 0 aliphatic carbocycles. The van der Waals surface area contributed by atoms with Crippen LogP contribution in [0, 0.1) is 11.8 Å². The summed E-state index contributed by atoms with van der Waals surface area (Å²) in [6, 6.07) is 16.9. The van der Waals surface area contributed by atoms with Crippen LogP contribution in [-0.2, 0) is 30.4 Å². The van der Waals surface area contributed by atoms with E-state index in [2.05, 4.69) is 13.2 Å². The van der Waals surface area contributed by atoms with E-state index in [1.807, 2.05) is 60.7 Å². The Morgan fingerprint density at radius 2 is 1.82 bits per heavy atom. The second-order valence-corrected chi connectivity index (χ2v) is 10.3. The van der Waals surface area contributed by atoms with Gasteiger partial charge in [0.1, 0.15) is 18.2 Å². The van der Waals surface area contributed by atoms with Crippen molar-refractivity contribution in [2.45, 2.75) is 43.2 Å². The molecule has 0 radical (unpaired) electrons. The Morgan fingerprint density at radius 3 is 2.46 bits per heavy atom. The molecule has 5 rings (SSSR count). The number of hydrogen-bond donors (Lipinski definition) is 1. The van der Waals surface area contributed by atoms with Crippen molar-refractivity contribution in [2.24, 2.45) is 11.8 Å². The van der Waals surface area contributed by atoms with Gasteiger partial charge in [-0.3, -0.25) is 14.4 Å². The number of rotatable bonds is 11. The summed E-state index contributed by atoms with van der Waals surface area (Å²) in [5, 5.41) is 10.6. The highest BCUT2D eigenvalue weighted by Crippen LogP contribution is 2.60. The second kappa shape index (κ2) is 11.2. The number of fused-ring (bicyclic) bond motifs is 1. The molecular formula is C31H34N2O6. The maximum Gasteiger partial charge on any atom is 0.312 e. The molecule has 3 saturated heterocycles. The third kappa shape index (κ3) is 4.57. The van der Waals surface area contributed by atoms with Gasteiger partial charge >= 0.3 is 5.97 Å². The first-order valence-corrected chi connectivity index (χ1v) is 13.3. The normalized spacial score (nSPS) is 27.6. The maximum absolute atomic E-state index is 14.5. The van der Waals surface area contributed by atoms with Crippen molar-refractivity contribution in [3.63, 3.8) is 0 Å². The lowest BCUT2D eigenvalue weighted by Crippen LogP contribution is -2.57. The number of carbonyl (C=O) groups excluding carboxylic acids is 3. The molecule has 2 aromatic rings. The Labute approximate surface area is 228 Å². The molecular weight excluding hydrogens is 496 g/mol. The average Bonchev–Trinajstić information content (AvgIpc) is 3.60. The van der Waals surface area contributed by atoms with Gasteiger partial charge in [-0.1, -0.05) is 79.4 Å². The standard InChI is InChI=1S/C31H34N2O6/c1-3-17-32(19-21-11-7-5-8-12-21)29(36)27-31-16-15-24(39-31)25(30(37)38-18-4-2)26(31)28(35)33(27)23(20-34)22-13-9-6-10-14-22/h3-14,23-27,34H,1-2,15-20H2/t23-,24+,25-,26+,27?,31?/m1/s1. The molecule has 0 aromatic heterocycles. The zero-order valence-corrected chi connectivity index (χ0v) is 21.9. The van der Waals surface area contributed by atoms with E-state index in [4.69, 9.17) is 9.47 Å². The number of hydrogen-bond acceptors (Lipinski definition) is 6. The van der Waals surface area contributed by atoms with Crippen LogP contribution in [0.5, 0.6) is 0 Å². The van der Waals surface area contributed by atoms with Crippen molar-refractivity contribution < 1.29 is 29.0 Å². The molecule has 6 atom stereocenters. The molecule has 3 aliphatic rings. The van der Waals surface area contributed by atoms with Gasteiger partial charge in [-0.2, -0.15) is 0 Å². The van der Waals surface area contributed by atoms with Crippen molar-refractivity contribution in [1.29, 1.82) is 0 Å². The lowest BCUT2D eigenvalue weighted by atomic mass is 9.70. The van der Waals surface area contributed by atoms with Crippen molar-refractivity contribution >= 4 is 17.8 Å². The number of aliphatic hydroxyl groups excluding tert-OH is 1. The molecule has 2 bridgehead atoms. The minimum atomic E-state index is -1.20. The molecule has 8 nitrogen and oxygen atoms in total. The molecule has 39 heavy (non-hydrogen) atoms. The number of aliphatic hydroxyl groups is 1. The third-order valence-electron chi connectivity index (χ3n) is 8.16. The number of carbonyl (C=O) groups is 3. The van der Waals surface area contributed by atoms with Gasteiger partial charge in [0.2, 0.25) is 11.8 Å². The van der Waals surface area contributed by atoms with E-state index >= 15 is 0 Å². The fraction of sp³-hybridized carbons (Fsp3) is 0.387. The Hall–Kier alpha value is -3.75. The number of nitrogens with zero attached hydrogens (tertiary/aromatic N) is 2. The van der Waals surface area contributed by atoms with Crippen LogP contribution in [0.4, 0.5) is 0 Å². The van der Waals surface area contributed by atoms with Gasteiger partial charge in [-0.25, -0.2) is 0 Å². The first-order chi connectivity index (χ1) is 19.0. The zero-order valence-electron chi connectivity index (χ0n) is 21.9. The van der Waals surface area contributed by atoms with Crippen LogP contribution >= 0.6 is 0 Å². The molecule has 3 aliphatic heterocycles. The lowest BCUT2D eigenvalue weighted by Gasteiger charge is -2.39. The lowest BCUT2D eigenvalue weighted by molar-refractivity contribution is -0.156. The zero-order chi connectivity index (χ0) is 27.6. The van der Waals surface area contributed by atoms with Crippen LogP contribution in [0.3, 0.4) is 0 Å². The van der Waals surface area contributed by atoms with E-state index in [-0.39, 0.29) is 25.0 Å². The quantitative estimate of drug-likeness (QED) is 0.355. The van der Waals surface area contributed by atoms with Gasteiger partial charge in [0.25, 0.3) is 0 Å². The minimum absolute atomic E-state index is 0.0233. The van der Waals surface area contributed by atoms with E-state index < -0.39 is 48.2 Å². The van der Waals surface area contributed by atoms with Crippen LogP contribution < -0.4 is 0 Å². The van der Waals surface area contributed by atoms with Gasteiger partial charge in [0.15, 0.2) is 0 Å². The highest BCUT2D eigenvalue weighted by Gasteiger charge is 2.75. The summed E-state index contributed by atoms with van der Waals surface area (Å²) in [4.78, 5) is 45.1. The van der Waals surface area contributed by atoms with E-state index in [9.17, 15) is 19.5 Å². The molecule has 2 amide bonds. The Morgan fingerprint density at radius 1 is 1.13 bits per heavy atom. The average molecular weight is 531 g/mol. The molecule has 2 aromatic carbocycles. The smallest absolute Gasteiger partial charge is 0.312 e. The number of esters is 1. The topological polar surface area (TPSA) is 96.4 Å². The number of amides is 2. The van der Waals surface area contributed by atoms with E-state index in [0.717, 1.165) is 5.56 Å². The van der Waals surface area contributed by atoms with Crippen LogP contribution in [0.1, 0.15) is 30.0 Å². The van der Waals surface area contributed by atoms with Crippen LogP contribution in [-0.4, -0.2) is 70.2 Å². The largest absolute Gasteiger partial charge is 0.461 e. The predicted molar refractivity (Wildman–Crippen MR) is 144 cm³/mol. The summed E-state index contributed by atoms with van der Waals surface area (Å²) < 4.78 is 11.9. The first kappa shape index (κ1) is 26.8. The van der Waals surface area contributed by atoms with Gasteiger partial charge < -0.3 is 24.4 Å². The van der Waals surface area contributed by atoms with Crippen molar-refractivity contribution in [1.82, 2.24) is 9.80 Å². The number of likely N-dealkylation sites (tertiary alicyclic amines) is 1. The molecule has 3 heterocycles. The minimum Gasteiger partial charge on any atom is -0.461 e. The van der Waals surface area contributed by atoms with Crippen LogP contribution in [0.25, 0.3) is 0 Å². The number of ether oxygens (including phenoxy) is 2. The molecule has 2 unspecified atom stereocenters. The highest BCUT2D eigenvalue weighted by molar-refractivity contribution is 5.98. The Balaban J connectivity index is 1.59. The van der Waals surface area contributed by atoms with Crippen molar-refractivity contribution in [2.75, 3.05) is 19.8 Å². The maximum atomic E-state index is 14.5. The summed E-state index contributed by atoms with van der Waals surface area (Å²) >= 11 is 0. The summed E-state index contributed by atoms with van der Waals surface area (Å²) in [5.41, 5.74) is 0.428. The Kier molecular flexibility index (Phi) is 7.68. The Bertz CT molecular complexity index is 1230. The van der Waals surface area contributed by atoms with Crippen LogP contribution in [0.2, 0.25) is 0 Å². The molecule has 8 heteroatoms. The highest BCUT2D eigenvalue weighted by atomic mass is 16.6. The second-order valence-electron chi connectivity index (χ2n) is 10.3. The van der Waals surface area contributed by atoms with Crippen molar-refractivity contribution in [3.05, 3.63) is 97.1 Å². The van der Waals surface area contributed by atoms with Gasteiger partial charge in [0, 0.05) is 13.1 Å². The summed E-state index contributed by atoms with van der Waals surface area (Å²) in [6.07, 6.45) is 3.60. The molecule has 0 saturated carbocycles. The summed E-state index contributed by atoms with van der Waals surface area (Å²) in [6.45, 7) is 7.66. The van der Waals surface area contributed by atoms with Gasteiger partial charge in [-0.05, 0) is 24.0 Å². The summed E-state index contributed by atoms with van der Waals surface area (Å²) in [7, 11) is 0. The van der Waals surface area contributed by atoms with E-state index in [1.165, 1.54) is 11.0 Å². The fourth-order valence-electron chi connectivity index (χ4n) is 6.61. The fourth-order valence-corrected chi connectivity index (χ4v) is 6.61. The summed E-state index contributed by atoms with van der Waals surface area (Å²) in [5.74, 6) is -2.92. The molecule has 204 valence electrons. The van der Waals surface area contributed by atoms with E-state index in [1.54, 1.807) is 11.0 Å². The third-order valence-corrected chi connectivity index (χ3v) is 8.16. The monoisotopic (exact) mass is 530 g/mol. The van der Waals surface area contributed by atoms with Gasteiger partial charge in [0.05, 0.1) is 30.6 Å². The molecule has 3 fully saturated rings. The van der Waals surface area contributed by atoms with Crippen LogP contribution in [0.15, 0.2) is 86.0 Å². The molecule has 1 N–H and O–H groups in total. The SMILES string of the molecule is C=CCOC(=O)[C@@H]1[C@@H]2CCC3(O2)C(C(=O)N(CC=C)Cc2ccccc2)N([C@H](CO)c2ccccc2)C(=O)[C@H]13. The van der Waals surface area contributed by atoms with Crippen molar-refractivity contribution in [3.8, 4) is 0 Å². The van der Waals surface area contributed by atoms with E-state index in [0.29, 0.717) is 24.9 Å². The first-order valence-electron chi connectivity index (χ1n) is 13.3. The molecule has 1 spiro atoms.